The molecule has 0 heterocycles. The van der Waals surface area contributed by atoms with E-state index in [9.17, 15) is 9.90 Å². The van der Waals surface area contributed by atoms with Crippen LogP contribution in [0.15, 0.2) is 18.2 Å². The average molecular weight is 348 g/mol. The number of carboxylic acid groups (broad SMARTS) is 1. The summed E-state index contributed by atoms with van der Waals surface area (Å²) in [6.07, 6.45) is 18.1. The molecule has 0 atom stereocenters. The minimum Gasteiger partial charge on any atom is -0.872 e. The second-order valence-electron chi connectivity index (χ2n) is 7.13. The van der Waals surface area contributed by atoms with Gasteiger partial charge in [-0.05, 0) is 24.5 Å². The summed E-state index contributed by atoms with van der Waals surface area (Å²) in [4.78, 5) is 10.8. The van der Waals surface area contributed by atoms with Crippen LogP contribution < -0.4 is 5.11 Å². The maximum atomic E-state index is 11.6. The van der Waals surface area contributed by atoms with Gasteiger partial charge >= 0.3 is 5.97 Å². The summed E-state index contributed by atoms with van der Waals surface area (Å²) in [6.45, 7) is 2.26. The lowest BCUT2D eigenvalue weighted by molar-refractivity contribution is -0.268. The number of carbonyl (C=O) groups is 1. The third kappa shape index (κ3) is 10.2. The second-order valence-corrected chi connectivity index (χ2v) is 7.13. The number of aromatic carboxylic acids is 1. The maximum absolute atomic E-state index is 11.6. The van der Waals surface area contributed by atoms with Gasteiger partial charge in [0.05, 0.1) is 5.56 Å². The van der Waals surface area contributed by atoms with Gasteiger partial charge in [-0.3, -0.25) is 0 Å². The number of benzene rings is 1. The lowest BCUT2D eigenvalue weighted by Gasteiger charge is -2.12. The Morgan fingerprint density at radius 2 is 1.32 bits per heavy atom. The number of aryl methyl sites for hydroxylation is 1. The van der Waals surface area contributed by atoms with Crippen molar-refractivity contribution in [2.45, 2.75) is 96.8 Å². The SMILES string of the molecule is CCCCCCCCCCCCCCCc1ccc(C(=O)O)c([O-])c1. The van der Waals surface area contributed by atoms with E-state index in [1.165, 1.54) is 89.2 Å². The van der Waals surface area contributed by atoms with Crippen LogP contribution in [-0.2, 0) is 6.42 Å². The van der Waals surface area contributed by atoms with Crippen molar-refractivity contribution in [3.05, 3.63) is 29.3 Å². The van der Waals surface area contributed by atoms with E-state index in [4.69, 9.17) is 5.11 Å². The third-order valence-corrected chi connectivity index (χ3v) is 4.85. The quantitative estimate of drug-likeness (QED) is 0.390. The summed E-state index contributed by atoms with van der Waals surface area (Å²) in [5, 5.41) is 20.5. The van der Waals surface area contributed by atoms with E-state index >= 15 is 0 Å². The molecule has 0 aliphatic heterocycles. The molecule has 1 rings (SSSR count). The van der Waals surface area contributed by atoms with Crippen LogP contribution in [0.5, 0.6) is 5.75 Å². The molecule has 0 bridgehead atoms. The van der Waals surface area contributed by atoms with E-state index in [1.54, 1.807) is 6.07 Å². The molecular formula is C22H35O3-. The minimum absolute atomic E-state index is 0.130. The first-order valence-corrected chi connectivity index (χ1v) is 10.2. The molecule has 1 aromatic rings. The van der Waals surface area contributed by atoms with Crippen molar-refractivity contribution in [2.75, 3.05) is 0 Å². The Hall–Kier alpha value is -1.51. The first kappa shape index (κ1) is 21.5. The predicted octanol–water partition coefficient (Wildman–Crippen LogP) is 6.09. The van der Waals surface area contributed by atoms with Gasteiger partial charge in [0.2, 0.25) is 0 Å². The Bertz CT molecular complexity index is 482. The highest BCUT2D eigenvalue weighted by Crippen LogP contribution is 2.18. The van der Waals surface area contributed by atoms with E-state index in [-0.39, 0.29) is 11.3 Å². The zero-order chi connectivity index (χ0) is 18.3. The van der Waals surface area contributed by atoms with Gasteiger partial charge in [-0.1, -0.05) is 102 Å². The molecule has 3 nitrogen and oxygen atoms in total. The normalized spacial score (nSPS) is 10.9. The lowest BCUT2D eigenvalue weighted by Crippen LogP contribution is -2.04. The highest BCUT2D eigenvalue weighted by molar-refractivity contribution is 5.90. The van der Waals surface area contributed by atoms with Gasteiger partial charge in [-0.25, -0.2) is 4.79 Å². The van der Waals surface area contributed by atoms with E-state index in [1.807, 2.05) is 0 Å². The van der Waals surface area contributed by atoms with Gasteiger partial charge in [0.1, 0.15) is 0 Å². The van der Waals surface area contributed by atoms with E-state index < -0.39 is 5.97 Å². The molecule has 0 unspecified atom stereocenters. The lowest BCUT2D eigenvalue weighted by atomic mass is 10.0. The summed E-state index contributed by atoms with van der Waals surface area (Å²) in [5.74, 6) is -1.52. The Labute approximate surface area is 153 Å². The molecule has 1 N–H and O–H groups in total. The number of carboxylic acids is 1. The first-order valence-electron chi connectivity index (χ1n) is 10.2. The topological polar surface area (TPSA) is 60.4 Å². The van der Waals surface area contributed by atoms with Gasteiger partial charge in [0.15, 0.2) is 0 Å². The second kappa shape index (κ2) is 13.7. The fourth-order valence-corrected chi connectivity index (χ4v) is 3.25. The van der Waals surface area contributed by atoms with E-state index in [2.05, 4.69) is 6.92 Å². The molecule has 0 fully saturated rings. The summed E-state index contributed by atoms with van der Waals surface area (Å²) < 4.78 is 0. The Balaban J connectivity index is 1.95. The summed E-state index contributed by atoms with van der Waals surface area (Å²) in [7, 11) is 0. The summed E-state index contributed by atoms with van der Waals surface area (Å²) in [5.41, 5.74) is 0.826. The van der Waals surface area contributed by atoms with Crippen molar-refractivity contribution < 1.29 is 15.0 Å². The molecule has 142 valence electrons. The van der Waals surface area contributed by atoms with Crippen LogP contribution in [0.4, 0.5) is 0 Å². The third-order valence-electron chi connectivity index (χ3n) is 4.85. The molecule has 0 aromatic heterocycles. The largest absolute Gasteiger partial charge is 0.872 e. The van der Waals surface area contributed by atoms with E-state index in [0.717, 1.165) is 18.4 Å². The highest BCUT2D eigenvalue weighted by Gasteiger charge is 2.04. The number of hydrogen-bond acceptors (Lipinski definition) is 2. The molecular weight excluding hydrogens is 312 g/mol. The van der Waals surface area contributed by atoms with Gasteiger partial charge in [0, 0.05) is 0 Å². The average Bonchev–Trinajstić information content (AvgIpc) is 2.58. The van der Waals surface area contributed by atoms with Crippen LogP contribution in [0.25, 0.3) is 0 Å². The molecule has 0 spiro atoms. The van der Waals surface area contributed by atoms with Crippen LogP contribution in [-0.4, -0.2) is 11.1 Å². The Morgan fingerprint density at radius 1 is 0.840 bits per heavy atom. The van der Waals surface area contributed by atoms with Crippen molar-refractivity contribution in [1.82, 2.24) is 0 Å². The Kier molecular flexibility index (Phi) is 11.8. The molecule has 0 radical (unpaired) electrons. The smallest absolute Gasteiger partial charge is 0.335 e. The van der Waals surface area contributed by atoms with E-state index in [0.29, 0.717) is 0 Å². The van der Waals surface area contributed by atoms with Crippen molar-refractivity contribution in [2.24, 2.45) is 0 Å². The molecule has 0 aliphatic rings. The molecule has 1 aromatic carbocycles. The van der Waals surface area contributed by atoms with Gasteiger partial charge in [-0.2, -0.15) is 0 Å². The zero-order valence-corrected chi connectivity index (χ0v) is 15.9. The maximum Gasteiger partial charge on any atom is 0.335 e. The summed E-state index contributed by atoms with van der Waals surface area (Å²) in [6, 6.07) is 4.68. The fraction of sp³-hybridized carbons (Fsp3) is 0.682. The standard InChI is InChI=1S/C22H36O3/c1-2-3-4-5-6-7-8-9-10-11-12-13-14-15-19-16-17-20(22(24)25)21(23)18-19/h16-18,23H,2-15H2,1H3,(H,24,25)/p-1. The van der Waals surface area contributed by atoms with Crippen molar-refractivity contribution in [3.63, 3.8) is 0 Å². The van der Waals surface area contributed by atoms with Crippen molar-refractivity contribution in [1.29, 1.82) is 0 Å². The minimum atomic E-state index is -1.14. The molecule has 25 heavy (non-hydrogen) atoms. The number of unbranched alkanes of at least 4 members (excludes halogenated alkanes) is 12. The monoisotopic (exact) mass is 347 g/mol. The molecule has 0 amide bonds. The van der Waals surface area contributed by atoms with Crippen molar-refractivity contribution >= 4 is 5.97 Å². The highest BCUT2D eigenvalue weighted by atomic mass is 16.4. The van der Waals surface area contributed by atoms with Gasteiger partial charge in [0.25, 0.3) is 0 Å². The van der Waals surface area contributed by atoms with Gasteiger partial charge in [-0.15, -0.1) is 0 Å². The van der Waals surface area contributed by atoms with Crippen LogP contribution in [0.2, 0.25) is 0 Å². The van der Waals surface area contributed by atoms with Gasteiger partial charge < -0.3 is 10.2 Å². The van der Waals surface area contributed by atoms with Crippen LogP contribution >= 0.6 is 0 Å². The molecule has 0 saturated carbocycles. The van der Waals surface area contributed by atoms with Crippen LogP contribution in [0.1, 0.15) is 106 Å². The predicted molar refractivity (Wildman–Crippen MR) is 102 cm³/mol. The summed E-state index contributed by atoms with van der Waals surface area (Å²) >= 11 is 0. The molecule has 0 saturated heterocycles. The number of hydrogen-bond donors (Lipinski definition) is 1. The fourth-order valence-electron chi connectivity index (χ4n) is 3.25. The zero-order valence-electron chi connectivity index (χ0n) is 15.9. The Morgan fingerprint density at radius 3 is 1.76 bits per heavy atom. The van der Waals surface area contributed by atoms with Crippen molar-refractivity contribution in [3.8, 4) is 5.75 Å². The molecule has 3 heteroatoms. The number of rotatable bonds is 15. The van der Waals surface area contributed by atoms with Crippen LogP contribution in [0, 0.1) is 0 Å². The molecule has 0 aliphatic carbocycles. The van der Waals surface area contributed by atoms with Crippen LogP contribution in [0.3, 0.4) is 0 Å². The first-order chi connectivity index (χ1) is 12.1.